The topological polar surface area (TPSA) is 121 Å². The van der Waals surface area contributed by atoms with Crippen molar-refractivity contribution in [2.45, 2.75) is 104 Å². The summed E-state index contributed by atoms with van der Waals surface area (Å²) in [6.07, 6.45) is 13.1. The summed E-state index contributed by atoms with van der Waals surface area (Å²) >= 11 is 6.70. The van der Waals surface area contributed by atoms with Crippen molar-refractivity contribution in [3.8, 4) is 16.9 Å². The highest BCUT2D eigenvalue weighted by molar-refractivity contribution is 6.34. The van der Waals surface area contributed by atoms with E-state index < -0.39 is 11.7 Å². The zero-order chi connectivity index (χ0) is 37.2. The normalized spacial score (nSPS) is 11.8. The second-order valence-electron chi connectivity index (χ2n) is 13.4. The highest BCUT2D eigenvalue weighted by Gasteiger charge is 2.23. The highest BCUT2D eigenvalue weighted by atomic mass is 35.5. The van der Waals surface area contributed by atoms with Crippen LogP contribution in [0.2, 0.25) is 5.02 Å². The third kappa shape index (κ3) is 14.3. The van der Waals surface area contributed by atoms with E-state index in [1.807, 2.05) is 19.0 Å². The summed E-state index contributed by atoms with van der Waals surface area (Å²) < 4.78 is 11.4. The van der Waals surface area contributed by atoms with E-state index >= 15 is 0 Å². The molecule has 0 saturated carbocycles. The van der Waals surface area contributed by atoms with Gasteiger partial charge in [0.15, 0.2) is 6.10 Å². The number of hydrogen-bond acceptors (Lipinski definition) is 7. The molecule has 0 saturated heterocycles. The molecule has 0 aliphatic heterocycles. The smallest absolute Gasteiger partial charge is 0.336 e. The largest absolute Gasteiger partial charge is 0.481 e. The summed E-state index contributed by atoms with van der Waals surface area (Å²) in [7, 11) is 3.84. The molecular weight excluding hydrogens is 668 g/mol. The van der Waals surface area contributed by atoms with Crippen molar-refractivity contribution < 1.29 is 23.5 Å². The van der Waals surface area contributed by atoms with Gasteiger partial charge >= 0.3 is 5.63 Å². The first-order valence-corrected chi connectivity index (χ1v) is 18.9. The van der Waals surface area contributed by atoms with Crippen molar-refractivity contribution in [1.82, 2.24) is 15.1 Å². The van der Waals surface area contributed by atoms with Gasteiger partial charge in [-0.05, 0) is 58.6 Å². The molecule has 0 aliphatic rings. The molecule has 0 radical (unpaired) electrons. The number of rotatable bonds is 23. The molecule has 1 aromatic heterocycles. The van der Waals surface area contributed by atoms with Gasteiger partial charge in [-0.2, -0.15) is 0 Å². The maximum Gasteiger partial charge on any atom is 0.336 e. The lowest BCUT2D eigenvalue weighted by molar-refractivity contribution is -0.141. The summed E-state index contributed by atoms with van der Waals surface area (Å²) in [5, 5.41) is 6.76. The minimum atomic E-state index is -0.890. The molecule has 3 aromatic rings. The third-order valence-electron chi connectivity index (χ3n) is 8.84. The monoisotopic (exact) mass is 724 g/mol. The zero-order valence-electron chi connectivity index (χ0n) is 31.2. The van der Waals surface area contributed by atoms with Crippen molar-refractivity contribution in [3.05, 3.63) is 57.9 Å². The Labute approximate surface area is 308 Å². The standard InChI is InChI=1S/C40H57ClN4O6/c1-6-8-9-10-11-12-13-14-15-16-17-18-37(46)43-30-19-21-32(35(41)25-30)34-27-39(48)51-36-26-31(20-22-33(34)36)50-29(3)40(49)45(7-2)28-38(47)42-23-24-44(4)5/h19-22,25-27,29H,6-18,23-24,28H2,1-5H3,(H,42,47)(H,43,46)/t29-/m1/s1. The summed E-state index contributed by atoms with van der Waals surface area (Å²) in [6, 6.07) is 11.6. The lowest BCUT2D eigenvalue weighted by Crippen LogP contribution is -2.46. The Bertz CT molecular complexity index is 1620. The van der Waals surface area contributed by atoms with Crippen LogP contribution in [-0.2, 0) is 14.4 Å². The fourth-order valence-corrected chi connectivity index (χ4v) is 6.21. The fraction of sp³-hybridized carbons (Fsp3) is 0.550. The second kappa shape index (κ2) is 22.1. The van der Waals surface area contributed by atoms with Gasteiger partial charge in [0.2, 0.25) is 11.8 Å². The van der Waals surface area contributed by atoms with Gasteiger partial charge in [-0.15, -0.1) is 0 Å². The molecule has 10 nitrogen and oxygen atoms in total. The first-order chi connectivity index (χ1) is 24.5. The number of nitrogens with one attached hydrogen (secondary N) is 2. The Kier molecular flexibility index (Phi) is 18.0. The van der Waals surface area contributed by atoms with Gasteiger partial charge in [0.25, 0.3) is 5.91 Å². The van der Waals surface area contributed by atoms with Crippen LogP contribution < -0.4 is 21.0 Å². The van der Waals surface area contributed by atoms with Crippen LogP contribution >= 0.6 is 11.6 Å². The lowest BCUT2D eigenvalue weighted by Gasteiger charge is -2.24. The van der Waals surface area contributed by atoms with Gasteiger partial charge in [-0.25, -0.2) is 4.79 Å². The number of unbranched alkanes of at least 4 members (excludes halogenated alkanes) is 10. The molecule has 1 atom stereocenters. The van der Waals surface area contributed by atoms with Gasteiger partial charge in [0, 0.05) is 60.4 Å². The van der Waals surface area contributed by atoms with E-state index in [0.717, 1.165) is 19.3 Å². The van der Waals surface area contributed by atoms with Crippen LogP contribution in [0.3, 0.4) is 0 Å². The molecule has 3 rings (SSSR count). The van der Waals surface area contributed by atoms with Crippen molar-refractivity contribution in [1.29, 1.82) is 0 Å². The van der Waals surface area contributed by atoms with E-state index in [1.54, 1.807) is 50.2 Å². The van der Waals surface area contributed by atoms with Gasteiger partial charge in [-0.1, -0.05) is 88.8 Å². The van der Waals surface area contributed by atoms with E-state index in [-0.39, 0.29) is 29.8 Å². The van der Waals surface area contributed by atoms with E-state index in [4.69, 9.17) is 20.8 Å². The molecule has 0 unspecified atom stereocenters. The lowest BCUT2D eigenvalue weighted by atomic mass is 10.0. The molecule has 2 N–H and O–H groups in total. The van der Waals surface area contributed by atoms with Gasteiger partial charge in [-0.3, -0.25) is 14.4 Å². The first kappa shape index (κ1) is 41.5. The maximum atomic E-state index is 13.1. The second-order valence-corrected chi connectivity index (χ2v) is 13.8. The summed E-state index contributed by atoms with van der Waals surface area (Å²) in [5.41, 5.74) is 1.46. The SMILES string of the molecule is CCCCCCCCCCCCCC(=O)Nc1ccc(-c2cc(=O)oc3cc(O[C@H](C)C(=O)N(CC)CC(=O)NCCN(C)C)ccc23)c(Cl)c1. The molecule has 3 amide bonds. The minimum absolute atomic E-state index is 0.0499. The molecule has 51 heavy (non-hydrogen) atoms. The average molecular weight is 725 g/mol. The Morgan fingerprint density at radius 2 is 1.51 bits per heavy atom. The summed E-state index contributed by atoms with van der Waals surface area (Å²) in [6.45, 7) is 7.10. The summed E-state index contributed by atoms with van der Waals surface area (Å²) in [4.78, 5) is 54.1. The zero-order valence-corrected chi connectivity index (χ0v) is 31.9. The van der Waals surface area contributed by atoms with Crippen LogP contribution in [0.5, 0.6) is 5.75 Å². The number of anilines is 1. The number of nitrogens with zero attached hydrogens (tertiary/aromatic N) is 2. The maximum absolute atomic E-state index is 13.1. The van der Waals surface area contributed by atoms with Crippen LogP contribution in [-0.4, -0.2) is 73.9 Å². The Hall–Kier alpha value is -3.89. The molecule has 0 fully saturated rings. The van der Waals surface area contributed by atoms with Crippen molar-refractivity contribution >= 4 is 46.0 Å². The molecule has 0 spiro atoms. The number of benzene rings is 2. The van der Waals surface area contributed by atoms with Crippen LogP contribution in [0.25, 0.3) is 22.1 Å². The molecule has 0 aliphatic carbocycles. The van der Waals surface area contributed by atoms with E-state index in [0.29, 0.717) is 59.0 Å². The number of fused-ring (bicyclic) bond motifs is 1. The minimum Gasteiger partial charge on any atom is -0.481 e. The van der Waals surface area contributed by atoms with E-state index in [2.05, 4.69) is 17.6 Å². The van der Waals surface area contributed by atoms with Crippen LogP contribution in [0.1, 0.15) is 97.8 Å². The van der Waals surface area contributed by atoms with Crippen molar-refractivity contribution in [2.75, 3.05) is 45.6 Å². The average Bonchev–Trinajstić information content (AvgIpc) is 3.08. The number of carbonyl (C=O) groups is 3. The Morgan fingerprint density at radius 1 is 0.843 bits per heavy atom. The molecule has 0 bridgehead atoms. The van der Waals surface area contributed by atoms with E-state index in [9.17, 15) is 19.2 Å². The predicted octanol–water partition coefficient (Wildman–Crippen LogP) is 8.05. The van der Waals surface area contributed by atoms with Crippen LogP contribution in [0.4, 0.5) is 5.69 Å². The van der Waals surface area contributed by atoms with Crippen molar-refractivity contribution in [3.63, 3.8) is 0 Å². The number of likely N-dealkylation sites (N-methyl/N-ethyl adjacent to an activating group) is 2. The first-order valence-electron chi connectivity index (χ1n) is 18.6. The van der Waals surface area contributed by atoms with E-state index in [1.165, 1.54) is 62.3 Å². The predicted molar refractivity (Wildman–Crippen MR) is 207 cm³/mol. The third-order valence-corrected chi connectivity index (χ3v) is 9.15. The van der Waals surface area contributed by atoms with Gasteiger partial charge in [0.05, 0.1) is 11.6 Å². The number of halogens is 1. The van der Waals surface area contributed by atoms with Crippen LogP contribution in [0, 0.1) is 0 Å². The Balaban J connectivity index is 1.56. The molecule has 2 aromatic carbocycles. The quantitative estimate of drug-likeness (QED) is 0.0750. The number of hydrogen-bond donors (Lipinski definition) is 2. The fourth-order valence-electron chi connectivity index (χ4n) is 5.93. The van der Waals surface area contributed by atoms with Crippen LogP contribution in [0.15, 0.2) is 51.7 Å². The highest BCUT2D eigenvalue weighted by Crippen LogP contribution is 2.35. The molecular formula is C40H57ClN4O6. The number of carbonyl (C=O) groups excluding carboxylic acids is 3. The molecule has 1 heterocycles. The number of ether oxygens (including phenoxy) is 1. The number of amides is 3. The van der Waals surface area contributed by atoms with Gasteiger partial charge < -0.3 is 29.6 Å². The molecule has 280 valence electrons. The van der Waals surface area contributed by atoms with Crippen molar-refractivity contribution in [2.24, 2.45) is 0 Å². The Morgan fingerprint density at radius 3 is 2.14 bits per heavy atom. The molecule has 11 heteroatoms. The van der Waals surface area contributed by atoms with Gasteiger partial charge in [0.1, 0.15) is 11.3 Å². The summed E-state index contributed by atoms with van der Waals surface area (Å²) in [5.74, 6) is -0.301.